The Hall–Kier alpha value is -2.01. The van der Waals surface area contributed by atoms with Crippen LogP contribution in [-0.4, -0.2) is 17.3 Å². The van der Waals surface area contributed by atoms with Gasteiger partial charge in [-0.3, -0.25) is 4.98 Å². The minimum absolute atomic E-state index is 0.213. The molecule has 19 heavy (non-hydrogen) atoms. The summed E-state index contributed by atoms with van der Waals surface area (Å²) in [5, 5.41) is 5.61. The lowest BCUT2D eigenvalue weighted by Crippen LogP contribution is -2.28. The molecule has 0 saturated heterocycles. The zero-order valence-corrected chi connectivity index (χ0v) is 11.4. The lowest BCUT2D eigenvalue weighted by Gasteiger charge is -2.08. The van der Waals surface area contributed by atoms with Crippen molar-refractivity contribution >= 4 is 23.5 Å². The molecule has 0 fully saturated rings. The number of aromatic nitrogens is 1. The maximum atomic E-state index is 11.7. The average molecular weight is 273 g/mol. The molecule has 0 aliphatic carbocycles. The zero-order valence-electron chi connectivity index (χ0n) is 10.6. The molecule has 2 rings (SSSR count). The number of hydrogen-bond acceptors (Lipinski definition) is 3. The Morgan fingerprint density at radius 1 is 1.26 bits per heavy atom. The summed E-state index contributed by atoms with van der Waals surface area (Å²) in [6.45, 7) is 0.483. The molecule has 0 unspecified atom stereocenters. The molecule has 1 heterocycles. The van der Waals surface area contributed by atoms with E-state index < -0.39 is 0 Å². The number of thioether (sulfide) groups is 1. The molecule has 0 aliphatic heterocycles. The van der Waals surface area contributed by atoms with Gasteiger partial charge in [0.2, 0.25) is 0 Å². The molecule has 98 valence electrons. The number of carbonyl (C=O) groups is 1. The van der Waals surface area contributed by atoms with E-state index in [0.29, 0.717) is 6.54 Å². The lowest BCUT2D eigenvalue weighted by atomic mass is 10.3. The number of nitrogens with zero attached hydrogens (tertiary/aromatic N) is 1. The number of carbonyl (C=O) groups excluding carboxylic acids is 1. The van der Waals surface area contributed by atoms with E-state index >= 15 is 0 Å². The van der Waals surface area contributed by atoms with Gasteiger partial charge in [0.15, 0.2) is 0 Å². The van der Waals surface area contributed by atoms with Gasteiger partial charge >= 0.3 is 6.03 Å². The number of urea groups is 1. The van der Waals surface area contributed by atoms with E-state index in [0.717, 1.165) is 16.1 Å². The van der Waals surface area contributed by atoms with Crippen molar-refractivity contribution in [3.05, 3.63) is 54.4 Å². The van der Waals surface area contributed by atoms with Crippen LogP contribution >= 0.6 is 11.8 Å². The number of nitrogens with one attached hydrogen (secondary N) is 2. The second-order valence-corrected chi connectivity index (χ2v) is 4.77. The summed E-state index contributed by atoms with van der Waals surface area (Å²) in [5.74, 6) is 0. The standard InChI is InChI=1S/C14H15N3OS/c1-19-13-4-2-3-12(9-13)17-14(18)16-10-11-5-7-15-8-6-11/h2-9H,10H2,1H3,(H2,16,17,18). The Morgan fingerprint density at radius 3 is 2.79 bits per heavy atom. The first-order valence-corrected chi connectivity index (χ1v) is 7.08. The Bertz CT molecular complexity index is 545. The van der Waals surface area contributed by atoms with Crippen LogP contribution in [0.2, 0.25) is 0 Å². The van der Waals surface area contributed by atoms with E-state index in [1.807, 2.05) is 42.7 Å². The molecule has 0 atom stereocenters. The highest BCUT2D eigenvalue weighted by molar-refractivity contribution is 7.98. The third-order valence-electron chi connectivity index (χ3n) is 2.53. The minimum atomic E-state index is -0.213. The van der Waals surface area contributed by atoms with Crippen LogP contribution in [0.5, 0.6) is 0 Å². The van der Waals surface area contributed by atoms with Crippen LogP contribution in [0.15, 0.2) is 53.7 Å². The Kier molecular flexibility index (Phi) is 4.80. The van der Waals surface area contributed by atoms with E-state index in [1.165, 1.54) is 0 Å². The van der Waals surface area contributed by atoms with Crippen molar-refractivity contribution < 1.29 is 4.79 Å². The number of benzene rings is 1. The van der Waals surface area contributed by atoms with Crippen LogP contribution < -0.4 is 10.6 Å². The Balaban J connectivity index is 1.87. The first-order chi connectivity index (χ1) is 9.28. The van der Waals surface area contributed by atoms with E-state index in [4.69, 9.17) is 0 Å². The van der Waals surface area contributed by atoms with Gasteiger partial charge in [-0.15, -0.1) is 11.8 Å². The van der Waals surface area contributed by atoms with Gasteiger partial charge in [0.25, 0.3) is 0 Å². The smallest absolute Gasteiger partial charge is 0.319 e. The van der Waals surface area contributed by atoms with Crippen LogP contribution in [0, 0.1) is 0 Å². The predicted octanol–water partition coefficient (Wildman–Crippen LogP) is 3.13. The van der Waals surface area contributed by atoms with Crippen LogP contribution in [0.1, 0.15) is 5.56 Å². The van der Waals surface area contributed by atoms with Crippen LogP contribution in [0.25, 0.3) is 0 Å². The van der Waals surface area contributed by atoms with Gasteiger partial charge in [-0.1, -0.05) is 6.07 Å². The number of pyridine rings is 1. The van der Waals surface area contributed by atoms with Crippen molar-refractivity contribution in [3.63, 3.8) is 0 Å². The molecule has 0 bridgehead atoms. The fraction of sp³-hybridized carbons (Fsp3) is 0.143. The van der Waals surface area contributed by atoms with E-state index in [9.17, 15) is 4.79 Å². The summed E-state index contributed by atoms with van der Waals surface area (Å²) in [5.41, 5.74) is 1.81. The molecule has 2 aromatic rings. The van der Waals surface area contributed by atoms with E-state index in [-0.39, 0.29) is 6.03 Å². The number of rotatable bonds is 4. The van der Waals surface area contributed by atoms with E-state index in [2.05, 4.69) is 15.6 Å². The largest absolute Gasteiger partial charge is 0.334 e. The highest BCUT2D eigenvalue weighted by atomic mass is 32.2. The first kappa shape index (κ1) is 13.4. The number of hydrogen-bond donors (Lipinski definition) is 2. The van der Waals surface area contributed by atoms with Crippen molar-refractivity contribution in [1.29, 1.82) is 0 Å². The molecular weight excluding hydrogens is 258 g/mol. The number of anilines is 1. The maximum Gasteiger partial charge on any atom is 0.319 e. The second kappa shape index (κ2) is 6.80. The van der Waals surface area contributed by atoms with Crippen molar-refractivity contribution in [2.45, 2.75) is 11.4 Å². The van der Waals surface area contributed by atoms with Crippen LogP contribution in [-0.2, 0) is 6.54 Å². The topological polar surface area (TPSA) is 54.0 Å². The van der Waals surface area contributed by atoms with Gasteiger partial charge in [0.1, 0.15) is 0 Å². The molecule has 0 saturated carbocycles. The molecule has 4 nitrogen and oxygen atoms in total. The van der Waals surface area contributed by atoms with Crippen LogP contribution in [0.3, 0.4) is 0 Å². The fourth-order valence-electron chi connectivity index (χ4n) is 1.56. The average Bonchev–Trinajstić information content (AvgIpc) is 2.46. The first-order valence-electron chi connectivity index (χ1n) is 5.86. The maximum absolute atomic E-state index is 11.7. The van der Waals surface area contributed by atoms with Gasteiger partial charge in [-0.2, -0.15) is 0 Å². The van der Waals surface area contributed by atoms with Crippen molar-refractivity contribution in [2.24, 2.45) is 0 Å². The third-order valence-corrected chi connectivity index (χ3v) is 3.26. The molecular formula is C14H15N3OS. The van der Waals surface area contributed by atoms with Crippen molar-refractivity contribution in [1.82, 2.24) is 10.3 Å². The molecule has 0 radical (unpaired) electrons. The molecule has 5 heteroatoms. The van der Waals surface area contributed by atoms with Crippen molar-refractivity contribution in [2.75, 3.05) is 11.6 Å². The van der Waals surface area contributed by atoms with Crippen molar-refractivity contribution in [3.8, 4) is 0 Å². The second-order valence-electron chi connectivity index (χ2n) is 3.90. The normalized spacial score (nSPS) is 9.95. The molecule has 1 aromatic heterocycles. The lowest BCUT2D eigenvalue weighted by molar-refractivity contribution is 0.251. The summed E-state index contributed by atoms with van der Waals surface area (Å²) < 4.78 is 0. The molecule has 2 N–H and O–H groups in total. The monoisotopic (exact) mass is 273 g/mol. The summed E-state index contributed by atoms with van der Waals surface area (Å²) in [6, 6.07) is 11.3. The molecule has 0 spiro atoms. The number of amides is 2. The zero-order chi connectivity index (χ0) is 13.5. The Labute approximate surface area is 116 Å². The Morgan fingerprint density at radius 2 is 2.05 bits per heavy atom. The predicted molar refractivity (Wildman–Crippen MR) is 78.3 cm³/mol. The fourth-order valence-corrected chi connectivity index (χ4v) is 2.02. The summed E-state index contributed by atoms with van der Waals surface area (Å²) in [7, 11) is 0. The summed E-state index contributed by atoms with van der Waals surface area (Å²) in [6.07, 6.45) is 5.41. The van der Waals surface area contributed by atoms with E-state index in [1.54, 1.807) is 24.2 Å². The molecule has 0 aliphatic rings. The SMILES string of the molecule is CSc1cccc(NC(=O)NCc2ccncc2)c1. The molecule has 2 amide bonds. The highest BCUT2D eigenvalue weighted by Crippen LogP contribution is 2.18. The van der Waals surface area contributed by atoms with Gasteiger partial charge in [-0.05, 0) is 42.2 Å². The van der Waals surface area contributed by atoms with Gasteiger partial charge in [-0.25, -0.2) is 4.79 Å². The van der Waals surface area contributed by atoms with Gasteiger partial charge in [0, 0.05) is 29.5 Å². The van der Waals surface area contributed by atoms with Gasteiger partial charge in [0.05, 0.1) is 0 Å². The summed E-state index contributed by atoms with van der Waals surface area (Å²) in [4.78, 5) is 16.8. The van der Waals surface area contributed by atoms with Crippen LogP contribution in [0.4, 0.5) is 10.5 Å². The molecule has 1 aromatic carbocycles. The van der Waals surface area contributed by atoms with Gasteiger partial charge < -0.3 is 10.6 Å². The quantitative estimate of drug-likeness (QED) is 0.841. The minimum Gasteiger partial charge on any atom is -0.334 e. The highest BCUT2D eigenvalue weighted by Gasteiger charge is 2.02. The summed E-state index contributed by atoms with van der Waals surface area (Å²) >= 11 is 1.64. The third kappa shape index (κ3) is 4.30.